The molecule has 2 aromatic rings. The molecule has 33 heavy (non-hydrogen) atoms. The van der Waals surface area contributed by atoms with Crippen molar-refractivity contribution in [3.05, 3.63) is 125 Å². The van der Waals surface area contributed by atoms with Crippen LogP contribution in [0.1, 0.15) is 5.56 Å². The van der Waals surface area contributed by atoms with Crippen LogP contribution in [0.5, 0.6) is 0 Å². The van der Waals surface area contributed by atoms with Gasteiger partial charge in [-0.2, -0.15) is 0 Å². The van der Waals surface area contributed by atoms with Gasteiger partial charge >= 0.3 is 79.1 Å². The van der Waals surface area contributed by atoms with Crippen LogP contribution in [0, 0.1) is 46.6 Å². The molecule has 0 radical (unpaired) electrons. The van der Waals surface area contributed by atoms with E-state index in [4.69, 9.17) is 32.6 Å². The largest absolute Gasteiger partial charge is 0 e. The van der Waals surface area contributed by atoms with E-state index in [2.05, 4.69) is 125 Å². The summed E-state index contributed by atoms with van der Waals surface area (Å²) in [4.78, 5) is 0. The third-order valence-corrected chi connectivity index (χ3v) is 5.10. The van der Waals surface area contributed by atoms with Crippen LogP contribution in [0.3, 0.4) is 0 Å². The van der Waals surface area contributed by atoms with Crippen molar-refractivity contribution in [1.29, 1.82) is 0 Å². The maximum absolute atomic E-state index is 7.50. The second-order valence-electron chi connectivity index (χ2n) is 3.97. The van der Waals surface area contributed by atoms with Crippen molar-refractivity contribution in [2.75, 3.05) is 0 Å². The number of hydrogen-bond acceptors (Lipinski definition) is 0. The summed E-state index contributed by atoms with van der Waals surface area (Å²) in [5.74, 6) is 2.33. The Kier molecular flexibility index (Phi) is 69.1. The van der Waals surface area contributed by atoms with Crippen LogP contribution < -0.4 is 10.6 Å². The van der Waals surface area contributed by atoms with E-state index in [0.717, 1.165) is 0 Å². The van der Waals surface area contributed by atoms with E-state index < -0.39 is 0 Å². The molecule has 0 aliphatic carbocycles. The normalized spacial score (nSPS) is 9.45. The average molecular weight is 544 g/mol. The van der Waals surface area contributed by atoms with Crippen LogP contribution in [-0.4, -0.2) is 0 Å². The summed E-state index contributed by atoms with van der Waals surface area (Å²) in [5, 5.41) is 2.86. The van der Waals surface area contributed by atoms with Gasteiger partial charge in [0, 0.05) is 34.1 Å². The van der Waals surface area contributed by atoms with Gasteiger partial charge in [0.2, 0.25) is 0 Å². The molecule has 0 spiro atoms. The summed E-state index contributed by atoms with van der Waals surface area (Å²) < 4.78 is 52.5. The molecule has 1 aliphatic rings. The fourth-order valence-corrected chi connectivity index (χ4v) is 4.09. The third kappa shape index (κ3) is 22.6. The molecule has 0 saturated carbocycles. The number of benzene rings is 2. The third-order valence-electron chi connectivity index (χ3n) is 2.85. The Morgan fingerprint density at radius 1 is 0.485 bits per heavy atom. The molecule has 1 unspecified atom stereocenters. The van der Waals surface area contributed by atoms with Gasteiger partial charge in [-0.15, -0.1) is 0 Å². The van der Waals surface area contributed by atoms with Gasteiger partial charge in [0.05, 0.1) is 0 Å². The minimum Gasteiger partial charge on any atom is 0 e. The van der Waals surface area contributed by atoms with Gasteiger partial charge < -0.3 is 0 Å². The first-order valence-electron chi connectivity index (χ1n) is 7.16. The number of allylic oxidation sites excluding steroid dienone is 2. The van der Waals surface area contributed by atoms with Gasteiger partial charge in [-0.05, 0) is 24.1 Å². The van der Waals surface area contributed by atoms with Crippen molar-refractivity contribution in [3.63, 3.8) is 0 Å². The van der Waals surface area contributed by atoms with Crippen molar-refractivity contribution in [2.45, 2.75) is 0 Å². The van der Waals surface area contributed by atoms with E-state index in [-0.39, 0.29) is 42.1 Å². The molecule has 1 heterocycles. The van der Waals surface area contributed by atoms with Crippen LogP contribution in [-0.2, 0) is 66.7 Å². The summed E-state index contributed by atoms with van der Waals surface area (Å²) in [6.07, 6.45) is 6.49. The molecule has 1 atom stereocenters. The Hall–Kier alpha value is -2.43. The predicted octanol–water partition coefficient (Wildman–Crippen LogP) is 3.39. The minimum atomic E-state index is -0.352. The molecule has 0 fully saturated rings. The quantitative estimate of drug-likeness (QED) is 0.225. The first-order valence-corrected chi connectivity index (χ1v) is 8.57. The van der Waals surface area contributed by atoms with Crippen molar-refractivity contribution in [1.82, 2.24) is 0 Å². The summed E-state index contributed by atoms with van der Waals surface area (Å²) in [6.45, 7) is 31.5. The van der Waals surface area contributed by atoms with Gasteiger partial charge in [-0.1, -0.05) is 78.6 Å². The van der Waals surface area contributed by atoms with E-state index in [1.807, 2.05) is 0 Å². The van der Waals surface area contributed by atoms with Crippen molar-refractivity contribution >= 4 is 24.6 Å². The van der Waals surface area contributed by atoms with Crippen molar-refractivity contribution in [2.24, 2.45) is 0 Å². The Bertz CT molecular complexity index is 822. The molecule has 1 aliphatic heterocycles. The first-order chi connectivity index (χ1) is 15.4. The van der Waals surface area contributed by atoms with E-state index in [0.29, 0.717) is 0 Å². The fourth-order valence-electron chi connectivity index (χ4n) is 2.04. The Morgan fingerprint density at radius 3 is 1.33 bits per heavy atom. The minimum absolute atomic E-state index is 0. The zero-order valence-electron chi connectivity index (χ0n) is 16.5. The zero-order chi connectivity index (χ0) is 25.5. The molecule has 10 heteroatoms. The van der Waals surface area contributed by atoms with E-state index in [1.54, 1.807) is 0 Å². The predicted molar refractivity (Wildman–Crippen MR) is 105 cm³/mol. The maximum atomic E-state index is 7.50. The van der Waals surface area contributed by atoms with Crippen molar-refractivity contribution in [3.8, 4) is 0 Å². The van der Waals surface area contributed by atoms with Gasteiger partial charge in [0.25, 0.3) is 0 Å². The van der Waals surface area contributed by atoms with E-state index in [9.17, 15) is 0 Å². The SMILES string of the molecule is C1=Cc2ccccc2P(c2ccccc2)C=C1.[C-]#[O+].[C-]#[O+].[C-]#[O+].[C-]#[O+].[C-]#[O+].[C-]#[O+].[C-]#[O+].[Fe].[Fe]. The van der Waals surface area contributed by atoms with Gasteiger partial charge in [-0.3, -0.25) is 0 Å². The molecule has 0 N–H and O–H groups in total. The second-order valence-corrected chi connectivity index (χ2v) is 6.00. The van der Waals surface area contributed by atoms with Crippen LogP contribution in [0.4, 0.5) is 0 Å². The first kappa shape index (κ1) is 48.1. The summed E-state index contributed by atoms with van der Waals surface area (Å²) in [5.41, 5.74) is 1.34. The topological polar surface area (TPSA) is 139 Å². The van der Waals surface area contributed by atoms with Gasteiger partial charge in [-0.25, -0.2) is 0 Å². The van der Waals surface area contributed by atoms with Crippen LogP contribution in [0.25, 0.3) is 6.08 Å². The maximum Gasteiger partial charge on any atom is 0 e. The summed E-state index contributed by atoms with van der Waals surface area (Å²) >= 11 is 0. The Labute approximate surface area is 215 Å². The molecule has 0 bridgehead atoms. The molecular formula is C23H13Fe2O7P. The Morgan fingerprint density at radius 2 is 0.879 bits per heavy atom. The van der Waals surface area contributed by atoms with Gasteiger partial charge in [0.15, 0.2) is 0 Å². The molecule has 3 rings (SSSR count). The molecule has 168 valence electrons. The van der Waals surface area contributed by atoms with Crippen LogP contribution in [0.15, 0.2) is 72.6 Å². The Balaban J connectivity index is -0.0000000735. The smallest absolute Gasteiger partial charge is 0 e. The standard InChI is InChI=1S/C16H13P.7CO.2Fe/c1-2-10-15(11-3-1)17-13-7-6-9-14-8-4-5-12-16(14)17;7*1-2;;/h1-13H;;;;;;;;;. The number of hydrogen-bond donors (Lipinski definition) is 0. The monoisotopic (exact) mass is 544 g/mol. The number of fused-ring (bicyclic) bond motifs is 1. The van der Waals surface area contributed by atoms with E-state index >= 15 is 0 Å². The molecule has 0 amide bonds. The second kappa shape index (κ2) is 47.4. The fraction of sp³-hybridized carbons (Fsp3) is 0. The molecule has 0 aromatic heterocycles. The van der Waals surface area contributed by atoms with Gasteiger partial charge in [0.1, 0.15) is 0 Å². The van der Waals surface area contributed by atoms with Crippen molar-refractivity contribution < 1.29 is 66.7 Å². The summed E-state index contributed by atoms with van der Waals surface area (Å²) in [7, 11) is -0.352. The van der Waals surface area contributed by atoms with E-state index in [1.165, 1.54) is 16.2 Å². The van der Waals surface area contributed by atoms with Crippen LogP contribution in [0.2, 0.25) is 0 Å². The van der Waals surface area contributed by atoms with Crippen LogP contribution >= 0.6 is 7.92 Å². The molecule has 2 aromatic carbocycles. The molecule has 7 nitrogen and oxygen atoms in total. The zero-order valence-corrected chi connectivity index (χ0v) is 19.6. The number of rotatable bonds is 1. The average Bonchev–Trinajstić information content (AvgIpc) is 3.15. The molecular weight excluding hydrogens is 531 g/mol. The molecule has 0 saturated heterocycles. The summed E-state index contributed by atoms with van der Waals surface area (Å²) in [6, 6.07) is 19.4.